The molecule has 0 saturated carbocycles. The average Bonchev–Trinajstić information content (AvgIpc) is 3.56. The first-order valence-electron chi connectivity index (χ1n) is 19.7. The van der Waals surface area contributed by atoms with Crippen LogP contribution in [0, 0.1) is 17.8 Å². The maximum Gasteiger partial charge on any atom is 0.252 e. The number of hydrogen-bond donors (Lipinski definition) is 0. The van der Waals surface area contributed by atoms with Gasteiger partial charge in [0, 0.05) is 34.1 Å². The van der Waals surface area contributed by atoms with Gasteiger partial charge in [-0.1, -0.05) is 118 Å². The molecule has 9 rings (SSSR count). The van der Waals surface area contributed by atoms with E-state index in [-0.39, 0.29) is 28.4 Å². The SMILES string of the molecule is Cc1cc2c3c(c1)N(c1cccc4c1CC(C)(C)C4)c1cc(C(C)(C)C)ccc1B3c1ccc(C(C)(C)C)cc1N2c1cccc2c1CC(C)(C)C2. The molecule has 2 heterocycles. The smallest absolute Gasteiger partial charge is 0.252 e. The number of rotatable bonds is 2. The highest BCUT2D eigenvalue weighted by molar-refractivity contribution is 7.00. The summed E-state index contributed by atoms with van der Waals surface area (Å²) in [5.41, 5.74) is 22.9. The molecule has 0 radical (unpaired) electrons. The first-order valence-corrected chi connectivity index (χ1v) is 19.7. The molecule has 3 heteroatoms. The number of fused-ring (bicyclic) bond motifs is 6. The normalized spacial score (nSPS) is 17.8. The molecule has 0 unspecified atom stereocenters. The van der Waals surface area contributed by atoms with Crippen molar-refractivity contribution >= 4 is 57.2 Å². The Morgan fingerprint density at radius 2 is 0.923 bits per heavy atom. The zero-order valence-corrected chi connectivity index (χ0v) is 33.4. The monoisotopic (exact) mass is 682 g/mol. The van der Waals surface area contributed by atoms with Gasteiger partial charge in [-0.15, -0.1) is 0 Å². The van der Waals surface area contributed by atoms with Crippen molar-refractivity contribution in [2.75, 3.05) is 9.80 Å². The van der Waals surface area contributed by atoms with Gasteiger partial charge in [-0.3, -0.25) is 0 Å². The zero-order valence-electron chi connectivity index (χ0n) is 33.4. The van der Waals surface area contributed by atoms with Crippen LogP contribution in [0.3, 0.4) is 0 Å². The molecule has 2 aliphatic heterocycles. The second-order valence-corrected chi connectivity index (χ2v) is 20.2. The van der Waals surface area contributed by atoms with Gasteiger partial charge in [0.2, 0.25) is 0 Å². The van der Waals surface area contributed by atoms with Crippen molar-refractivity contribution in [3.05, 3.63) is 124 Å². The van der Waals surface area contributed by atoms with E-state index in [1.807, 2.05) is 0 Å². The van der Waals surface area contributed by atoms with Crippen molar-refractivity contribution in [2.45, 2.75) is 113 Å². The summed E-state index contributed by atoms with van der Waals surface area (Å²) in [4.78, 5) is 5.36. The molecule has 0 amide bonds. The molecule has 0 aromatic heterocycles. The highest BCUT2D eigenvalue weighted by atomic mass is 15.2. The van der Waals surface area contributed by atoms with Crippen molar-refractivity contribution in [2.24, 2.45) is 10.8 Å². The number of benzene rings is 5. The molecule has 264 valence electrons. The maximum absolute atomic E-state index is 2.68. The van der Waals surface area contributed by atoms with Gasteiger partial charge in [0.25, 0.3) is 6.71 Å². The summed E-state index contributed by atoms with van der Waals surface area (Å²) >= 11 is 0. The van der Waals surface area contributed by atoms with E-state index in [1.54, 1.807) is 0 Å². The van der Waals surface area contributed by atoms with Crippen LogP contribution < -0.4 is 26.2 Å². The minimum atomic E-state index is 0.0315. The lowest BCUT2D eigenvalue weighted by Crippen LogP contribution is -2.61. The van der Waals surface area contributed by atoms with E-state index in [4.69, 9.17) is 0 Å². The Hall–Kier alpha value is -4.24. The molecular formula is C49H55BN2. The Kier molecular flexibility index (Phi) is 7.05. The van der Waals surface area contributed by atoms with Crippen molar-refractivity contribution in [1.82, 2.24) is 0 Å². The van der Waals surface area contributed by atoms with Gasteiger partial charge in [-0.25, -0.2) is 0 Å². The van der Waals surface area contributed by atoms with Crippen molar-refractivity contribution in [3.63, 3.8) is 0 Å². The van der Waals surface area contributed by atoms with Crippen molar-refractivity contribution in [3.8, 4) is 0 Å². The van der Waals surface area contributed by atoms with Crippen LogP contribution in [0.25, 0.3) is 0 Å². The summed E-state index contributed by atoms with van der Waals surface area (Å²) in [6, 6.07) is 34.0. The van der Waals surface area contributed by atoms with Crippen LogP contribution in [0.1, 0.15) is 108 Å². The van der Waals surface area contributed by atoms with E-state index < -0.39 is 0 Å². The summed E-state index contributed by atoms with van der Waals surface area (Å²) in [6.07, 6.45) is 4.44. The predicted molar refractivity (Wildman–Crippen MR) is 225 cm³/mol. The molecule has 0 bridgehead atoms. The Balaban J connectivity index is 1.39. The molecule has 0 fully saturated rings. The van der Waals surface area contributed by atoms with E-state index >= 15 is 0 Å². The van der Waals surface area contributed by atoms with Crippen molar-refractivity contribution < 1.29 is 0 Å². The molecule has 0 saturated heterocycles. The second-order valence-electron chi connectivity index (χ2n) is 20.2. The Bertz CT molecular complexity index is 2150. The summed E-state index contributed by atoms with van der Waals surface area (Å²) in [5, 5.41) is 0. The molecule has 2 nitrogen and oxygen atoms in total. The fourth-order valence-corrected chi connectivity index (χ4v) is 10.1. The van der Waals surface area contributed by atoms with Crippen LogP contribution in [-0.2, 0) is 36.5 Å². The van der Waals surface area contributed by atoms with E-state index in [9.17, 15) is 0 Å². The highest BCUT2D eigenvalue weighted by Crippen LogP contribution is 2.51. The van der Waals surface area contributed by atoms with Crippen LogP contribution in [0.5, 0.6) is 0 Å². The van der Waals surface area contributed by atoms with Gasteiger partial charge in [-0.05, 0) is 146 Å². The van der Waals surface area contributed by atoms with Gasteiger partial charge >= 0.3 is 0 Å². The first-order chi connectivity index (χ1) is 24.4. The lowest BCUT2D eigenvalue weighted by Gasteiger charge is -2.45. The minimum Gasteiger partial charge on any atom is -0.311 e. The predicted octanol–water partition coefficient (Wildman–Crippen LogP) is 10.9. The molecule has 2 aliphatic carbocycles. The van der Waals surface area contributed by atoms with Crippen LogP contribution in [0.4, 0.5) is 34.1 Å². The molecule has 5 aromatic rings. The first kappa shape index (κ1) is 33.6. The van der Waals surface area contributed by atoms with E-state index in [2.05, 4.69) is 171 Å². The lowest BCUT2D eigenvalue weighted by molar-refractivity contribution is 0.392. The lowest BCUT2D eigenvalue weighted by atomic mass is 9.33. The van der Waals surface area contributed by atoms with E-state index in [0.29, 0.717) is 0 Å². The quantitative estimate of drug-likeness (QED) is 0.168. The van der Waals surface area contributed by atoms with Crippen molar-refractivity contribution in [1.29, 1.82) is 0 Å². The number of anilines is 6. The fraction of sp³-hybridized carbons (Fsp3) is 0.388. The highest BCUT2D eigenvalue weighted by Gasteiger charge is 2.46. The van der Waals surface area contributed by atoms with Crippen LogP contribution in [0.2, 0.25) is 0 Å². The molecule has 4 aliphatic rings. The molecule has 0 N–H and O–H groups in total. The number of hydrogen-bond acceptors (Lipinski definition) is 2. The maximum atomic E-state index is 2.68. The van der Waals surface area contributed by atoms with Gasteiger partial charge in [0.1, 0.15) is 0 Å². The van der Waals surface area contributed by atoms with E-state index in [0.717, 1.165) is 25.7 Å². The largest absolute Gasteiger partial charge is 0.311 e. The second kappa shape index (κ2) is 10.9. The number of aryl methyl sites for hydroxylation is 1. The third-order valence-electron chi connectivity index (χ3n) is 12.6. The summed E-state index contributed by atoms with van der Waals surface area (Å²) in [5.74, 6) is 0. The fourth-order valence-electron chi connectivity index (χ4n) is 10.1. The molecule has 52 heavy (non-hydrogen) atoms. The standard InChI is InChI=1S/C49H55BN2/c1-30-22-43-45-44(23-30)52(40-17-13-15-32-27-49(10,11)29-36(32)40)42-25-34(47(5,6)7)19-21-38(42)50(45)37-20-18-33(46(2,3)4)24-41(37)51(43)39-16-12-14-31-26-48(8,9)28-35(31)39/h12-25H,26-29H2,1-11H3. The van der Waals surface area contributed by atoms with Gasteiger partial charge < -0.3 is 9.80 Å². The Morgan fingerprint density at radius 3 is 1.33 bits per heavy atom. The molecular weight excluding hydrogens is 627 g/mol. The van der Waals surface area contributed by atoms with Crippen LogP contribution in [-0.4, -0.2) is 6.71 Å². The topological polar surface area (TPSA) is 6.48 Å². The number of nitrogens with zero attached hydrogens (tertiary/aromatic N) is 2. The van der Waals surface area contributed by atoms with Gasteiger partial charge in [-0.2, -0.15) is 0 Å². The van der Waals surface area contributed by atoms with Gasteiger partial charge in [0.15, 0.2) is 0 Å². The third kappa shape index (κ3) is 5.13. The molecule has 0 spiro atoms. The van der Waals surface area contributed by atoms with Crippen LogP contribution >= 0.6 is 0 Å². The summed E-state index contributed by atoms with van der Waals surface area (Å²) in [6.45, 7) is 26.3. The third-order valence-corrected chi connectivity index (χ3v) is 12.6. The van der Waals surface area contributed by atoms with E-state index in [1.165, 1.54) is 89.5 Å². The average molecular weight is 683 g/mol. The minimum absolute atomic E-state index is 0.0315. The Morgan fingerprint density at radius 1 is 0.500 bits per heavy atom. The molecule has 5 aromatic carbocycles. The summed E-state index contributed by atoms with van der Waals surface area (Å²) in [7, 11) is 0. The van der Waals surface area contributed by atoms with Gasteiger partial charge in [0.05, 0.1) is 0 Å². The summed E-state index contributed by atoms with van der Waals surface area (Å²) < 4.78 is 0. The van der Waals surface area contributed by atoms with Crippen LogP contribution in [0.15, 0.2) is 84.9 Å². The zero-order chi connectivity index (χ0) is 36.7. The Labute approximate surface area is 313 Å². The molecule has 0 atom stereocenters.